The monoisotopic (exact) mass is 466 g/mol. The van der Waals surface area contributed by atoms with Gasteiger partial charge in [0.1, 0.15) is 0 Å². The summed E-state index contributed by atoms with van der Waals surface area (Å²) in [4.78, 5) is 29.1. The van der Waals surface area contributed by atoms with E-state index >= 15 is 0 Å². The van der Waals surface area contributed by atoms with Crippen molar-refractivity contribution < 1.29 is 14.7 Å². The minimum Gasteiger partial charge on any atom is -0.478 e. The third-order valence-electron chi connectivity index (χ3n) is 5.72. The van der Waals surface area contributed by atoms with Gasteiger partial charge in [-0.1, -0.05) is 56.6 Å². The van der Waals surface area contributed by atoms with Gasteiger partial charge in [0, 0.05) is 48.0 Å². The minimum absolute atomic E-state index is 0.130. The van der Waals surface area contributed by atoms with Crippen LogP contribution < -0.4 is 4.90 Å². The van der Waals surface area contributed by atoms with Gasteiger partial charge in [-0.15, -0.1) is 0 Å². The van der Waals surface area contributed by atoms with Gasteiger partial charge < -0.3 is 14.9 Å². The number of carboxylic acid groups (broad SMARTS) is 1. The lowest BCUT2D eigenvalue weighted by atomic mass is 9.85. The summed E-state index contributed by atoms with van der Waals surface area (Å²) < 4.78 is 0. The molecule has 1 saturated heterocycles. The van der Waals surface area contributed by atoms with Crippen molar-refractivity contribution >= 4 is 41.2 Å². The number of aliphatic carboxylic acids is 1. The van der Waals surface area contributed by atoms with E-state index in [1.54, 1.807) is 18.2 Å². The molecule has 2 aromatic carbocycles. The summed E-state index contributed by atoms with van der Waals surface area (Å²) in [5.41, 5.74) is 2.94. The molecule has 2 aromatic rings. The Hall–Kier alpha value is -2.89. The molecular formula is C27H31ClN2O3. The smallest absolute Gasteiger partial charge is 0.332 e. The number of allylic oxidation sites excluding steroid dienone is 1. The number of anilines is 1. The Bertz CT molecular complexity index is 1090. The van der Waals surface area contributed by atoms with Gasteiger partial charge in [-0.2, -0.15) is 0 Å². The molecule has 0 spiro atoms. The zero-order valence-corrected chi connectivity index (χ0v) is 20.4. The molecule has 33 heavy (non-hydrogen) atoms. The van der Waals surface area contributed by atoms with Gasteiger partial charge >= 0.3 is 5.97 Å². The van der Waals surface area contributed by atoms with E-state index in [1.165, 1.54) is 6.08 Å². The van der Waals surface area contributed by atoms with Crippen molar-refractivity contribution in [1.29, 1.82) is 0 Å². The molecule has 174 valence electrons. The van der Waals surface area contributed by atoms with Gasteiger partial charge in [-0.3, -0.25) is 4.79 Å². The van der Waals surface area contributed by atoms with Crippen molar-refractivity contribution in [3.63, 3.8) is 0 Å². The van der Waals surface area contributed by atoms with Crippen LogP contribution in [0, 0.1) is 5.41 Å². The molecule has 1 aliphatic heterocycles. The van der Waals surface area contributed by atoms with Crippen molar-refractivity contribution in [3.8, 4) is 0 Å². The SMILES string of the molecule is CN1CCN(c2cc(Cl)cc(C(=O)C=Cc3cccc(C=C(C(=O)O)C(C)(C)C)c3)c2)CC1. The zero-order valence-electron chi connectivity index (χ0n) is 19.6. The first kappa shape index (κ1) is 24.7. The average Bonchev–Trinajstić information content (AvgIpc) is 2.75. The highest BCUT2D eigenvalue weighted by atomic mass is 35.5. The van der Waals surface area contributed by atoms with E-state index in [9.17, 15) is 14.7 Å². The van der Waals surface area contributed by atoms with Crippen LogP contribution in [0.3, 0.4) is 0 Å². The fraction of sp³-hybridized carbons (Fsp3) is 0.333. The molecule has 0 unspecified atom stereocenters. The molecule has 0 aromatic heterocycles. The second-order valence-corrected chi connectivity index (χ2v) is 9.91. The standard InChI is InChI=1S/C27H31ClN2O3/c1-27(2,3)24(26(32)33)15-20-7-5-6-19(14-20)8-9-25(31)21-16-22(28)18-23(17-21)30-12-10-29(4)11-13-30/h5-9,14-18H,10-13H2,1-4H3,(H,32,33). The van der Waals surface area contributed by atoms with Crippen molar-refractivity contribution in [2.75, 3.05) is 38.1 Å². The maximum Gasteiger partial charge on any atom is 0.332 e. The lowest BCUT2D eigenvalue weighted by Crippen LogP contribution is -2.44. The van der Waals surface area contributed by atoms with E-state index in [2.05, 4.69) is 16.8 Å². The molecule has 0 atom stereocenters. The Labute approximate surface area is 201 Å². The van der Waals surface area contributed by atoms with Crippen molar-refractivity contribution in [2.45, 2.75) is 20.8 Å². The van der Waals surface area contributed by atoms with E-state index in [0.717, 1.165) is 43.0 Å². The molecule has 0 radical (unpaired) electrons. The highest BCUT2D eigenvalue weighted by Gasteiger charge is 2.23. The summed E-state index contributed by atoms with van der Waals surface area (Å²) in [5, 5.41) is 10.1. The van der Waals surface area contributed by atoms with Gasteiger partial charge in [0.25, 0.3) is 0 Å². The summed E-state index contributed by atoms with van der Waals surface area (Å²) in [5.74, 6) is -1.06. The predicted molar refractivity (Wildman–Crippen MR) is 136 cm³/mol. The van der Waals surface area contributed by atoms with Crippen LogP contribution >= 0.6 is 11.6 Å². The number of carbonyl (C=O) groups is 2. The minimum atomic E-state index is -0.935. The van der Waals surface area contributed by atoms with Crippen LogP contribution in [0.25, 0.3) is 12.2 Å². The number of likely N-dealkylation sites (N-methyl/N-ethyl adjacent to an activating group) is 1. The summed E-state index contributed by atoms with van der Waals surface area (Å²) in [6, 6.07) is 12.9. The molecule has 5 nitrogen and oxygen atoms in total. The first-order chi connectivity index (χ1) is 15.5. The molecule has 0 bridgehead atoms. The molecular weight excluding hydrogens is 436 g/mol. The third kappa shape index (κ3) is 6.80. The molecule has 1 fully saturated rings. The number of carboxylic acids is 1. The number of nitrogens with zero attached hydrogens (tertiary/aromatic N) is 2. The number of rotatable bonds is 6. The van der Waals surface area contributed by atoms with E-state index in [0.29, 0.717) is 16.2 Å². The summed E-state index contributed by atoms with van der Waals surface area (Å²) in [6.07, 6.45) is 4.96. The molecule has 1 N–H and O–H groups in total. The summed E-state index contributed by atoms with van der Waals surface area (Å²) in [7, 11) is 2.10. The number of ketones is 1. The molecule has 6 heteroatoms. The number of hydrogen-bond acceptors (Lipinski definition) is 4. The van der Waals surface area contributed by atoms with E-state index < -0.39 is 11.4 Å². The topological polar surface area (TPSA) is 60.9 Å². The Balaban J connectivity index is 1.80. The van der Waals surface area contributed by atoms with Gasteiger partial charge in [0.2, 0.25) is 0 Å². The highest BCUT2D eigenvalue weighted by Crippen LogP contribution is 2.28. The second kappa shape index (κ2) is 10.4. The molecule has 0 saturated carbocycles. The third-order valence-corrected chi connectivity index (χ3v) is 5.94. The lowest BCUT2D eigenvalue weighted by molar-refractivity contribution is -0.133. The summed E-state index contributed by atoms with van der Waals surface area (Å²) >= 11 is 6.32. The molecule has 0 amide bonds. The maximum absolute atomic E-state index is 12.9. The van der Waals surface area contributed by atoms with Gasteiger partial charge in [0.15, 0.2) is 5.78 Å². The summed E-state index contributed by atoms with van der Waals surface area (Å²) in [6.45, 7) is 9.35. The number of piperazine rings is 1. The number of halogens is 1. The maximum atomic E-state index is 12.9. The number of hydrogen-bond donors (Lipinski definition) is 1. The fourth-order valence-corrected chi connectivity index (χ4v) is 3.98. The Morgan fingerprint density at radius 3 is 2.30 bits per heavy atom. The molecule has 1 aliphatic rings. The van der Waals surface area contributed by atoms with E-state index in [-0.39, 0.29) is 5.78 Å². The van der Waals surface area contributed by atoms with Crippen molar-refractivity contribution in [2.24, 2.45) is 5.41 Å². The van der Waals surface area contributed by atoms with Crippen LogP contribution in [-0.4, -0.2) is 55.0 Å². The van der Waals surface area contributed by atoms with Crippen molar-refractivity contribution in [1.82, 2.24) is 4.90 Å². The van der Waals surface area contributed by atoms with E-state index in [4.69, 9.17) is 11.6 Å². The first-order valence-electron chi connectivity index (χ1n) is 11.0. The highest BCUT2D eigenvalue weighted by molar-refractivity contribution is 6.31. The van der Waals surface area contributed by atoms with Crippen LogP contribution in [0.2, 0.25) is 5.02 Å². The first-order valence-corrected chi connectivity index (χ1v) is 11.4. The quantitative estimate of drug-likeness (QED) is 0.449. The molecule has 3 rings (SSSR count). The Morgan fingerprint density at radius 1 is 1.00 bits per heavy atom. The Morgan fingerprint density at radius 2 is 1.67 bits per heavy atom. The molecule has 0 aliphatic carbocycles. The predicted octanol–water partition coefficient (Wildman–Crippen LogP) is 5.50. The van der Waals surface area contributed by atoms with E-state index in [1.807, 2.05) is 57.2 Å². The zero-order chi connectivity index (χ0) is 24.2. The van der Waals surface area contributed by atoms with Crippen LogP contribution in [-0.2, 0) is 4.79 Å². The van der Waals surface area contributed by atoms with Gasteiger partial charge in [-0.25, -0.2) is 4.79 Å². The largest absolute Gasteiger partial charge is 0.478 e. The fourth-order valence-electron chi connectivity index (χ4n) is 3.75. The van der Waals surface area contributed by atoms with Crippen LogP contribution in [0.1, 0.15) is 42.3 Å². The van der Waals surface area contributed by atoms with Crippen molar-refractivity contribution in [3.05, 3.63) is 75.8 Å². The number of carbonyl (C=O) groups excluding carboxylic acids is 1. The lowest BCUT2D eigenvalue weighted by Gasteiger charge is -2.34. The average molecular weight is 467 g/mol. The normalized spacial score (nSPS) is 15.8. The van der Waals surface area contributed by atoms with Crippen LogP contribution in [0.15, 0.2) is 54.1 Å². The molecule has 1 heterocycles. The Kier molecular flexibility index (Phi) is 7.77. The second-order valence-electron chi connectivity index (χ2n) is 9.47. The number of benzene rings is 2. The van der Waals surface area contributed by atoms with Crippen LogP contribution in [0.5, 0.6) is 0 Å². The van der Waals surface area contributed by atoms with Gasteiger partial charge in [-0.05, 0) is 60.0 Å². The van der Waals surface area contributed by atoms with Gasteiger partial charge in [0.05, 0.1) is 0 Å². The van der Waals surface area contributed by atoms with Crippen LogP contribution in [0.4, 0.5) is 5.69 Å².